The zero-order valence-electron chi connectivity index (χ0n) is 22.8. The molecular formula is C31H37N3O5. The lowest BCUT2D eigenvalue weighted by atomic mass is 9.82. The van der Waals surface area contributed by atoms with E-state index in [1.165, 1.54) is 0 Å². The van der Waals surface area contributed by atoms with Crippen molar-refractivity contribution in [1.29, 1.82) is 0 Å². The van der Waals surface area contributed by atoms with Crippen LogP contribution in [0, 0.1) is 11.8 Å². The van der Waals surface area contributed by atoms with Crippen molar-refractivity contribution in [2.45, 2.75) is 58.5 Å². The molecule has 206 valence electrons. The molecule has 0 atom stereocenters. The molecule has 3 aromatic rings. The number of carbonyl (C=O) groups excluding carboxylic acids is 2. The first-order chi connectivity index (χ1) is 18.6. The van der Waals surface area contributed by atoms with Crippen molar-refractivity contribution >= 4 is 28.9 Å². The zero-order valence-corrected chi connectivity index (χ0v) is 22.8. The number of hydrogen-bond acceptors (Lipinski definition) is 5. The smallest absolute Gasteiger partial charge is 0.407 e. The van der Waals surface area contributed by atoms with Gasteiger partial charge >= 0.3 is 12.1 Å². The number of alkyl carbamates (subject to hydrolysis) is 1. The maximum Gasteiger partial charge on any atom is 0.407 e. The van der Waals surface area contributed by atoms with E-state index < -0.39 is 11.6 Å². The third kappa shape index (κ3) is 8.02. The molecule has 8 heteroatoms. The number of amides is 2. The zero-order chi connectivity index (χ0) is 28.0. The fraction of sp³-hybridized carbons (Fsp3) is 0.419. The number of pyridine rings is 1. The quantitative estimate of drug-likeness (QED) is 0.349. The van der Waals surface area contributed by atoms with E-state index in [0.29, 0.717) is 41.7 Å². The van der Waals surface area contributed by atoms with Gasteiger partial charge in [0.25, 0.3) is 5.91 Å². The van der Waals surface area contributed by atoms with Gasteiger partial charge in [0.1, 0.15) is 5.60 Å². The predicted octanol–water partition coefficient (Wildman–Crippen LogP) is 5.59. The lowest BCUT2D eigenvalue weighted by Crippen LogP contribution is -2.37. The molecule has 1 heterocycles. The van der Waals surface area contributed by atoms with Crippen LogP contribution in [-0.2, 0) is 16.0 Å². The second-order valence-electron chi connectivity index (χ2n) is 11.3. The normalized spacial score (nSPS) is 17.4. The fourth-order valence-corrected chi connectivity index (χ4v) is 4.99. The SMILES string of the molecule is CC(C)(C)OC(=O)NC[C@H]1CC[C@H](CNC(=O)c2cc(-c3ccc(CC(=O)O)cc3)nc3ccccc23)CC1. The van der Waals surface area contributed by atoms with Crippen LogP contribution in [0.5, 0.6) is 0 Å². The van der Waals surface area contributed by atoms with Gasteiger partial charge < -0.3 is 20.5 Å². The first-order valence-corrected chi connectivity index (χ1v) is 13.5. The van der Waals surface area contributed by atoms with E-state index in [-0.39, 0.29) is 18.4 Å². The van der Waals surface area contributed by atoms with Crippen LogP contribution in [0.15, 0.2) is 54.6 Å². The lowest BCUT2D eigenvalue weighted by molar-refractivity contribution is -0.136. The number of carboxylic acids is 1. The van der Waals surface area contributed by atoms with Crippen LogP contribution < -0.4 is 10.6 Å². The third-order valence-corrected chi connectivity index (χ3v) is 7.02. The number of hydrogen-bond donors (Lipinski definition) is 3. The Morgan fingerprint density at radius 3 is 2.15 bits per heavy atom. The Balaban J connectivity index is 1.36. The van der Waals surface area contributed by atoms with E-state index in [2.05, 4.69) is 10.6 Å². The molecule has 0 aliphatic heterocycles. The summed E-state index contributed by atoms with van der Waals surface area (Å²) >= 11 is 0. The highest BCUT2D eigenvalue weighted by atomic mass is 16.6. The van der Waals surface area contributed by atoms with Crippen LogP contribution in [0.3, 0.4) is 0 Å². The number of carbonyl (C=O) groups is 3. The molecular weight excluding hydrogens is 494 g/mol. The molecule has 2 aromatic carbocycles. The Morgan fingerprint density at radius 2 is 1.54 bits per heavy atom. The number of aromatic nitrogens is 1. The molecule has 1 saturated carbocycles. The average Bonchev–Trinajstić information content (AvgIpc) is 2.89. The van der Waals surface area contributed by atoms with Gasteiger partial charge in [-0.1, -0.05) is 42.5 Å². The van der Waals surface area contributed by atoms with Crippen LogP contribution in [0.25, 0.3) is 22.2 Å². The summed E-state index contributed by atoms with van der Waals surface area (Å²) in [6.07, 6.45) is 3.56. The summed E-state index contributed by atoms with van der Waals surface area (Å²) in [5.74, 6) is -0.207. The molecule has 2 amide bonds. The van der Waals surface area contributed by atoms with E-state index in [9.17, 15) is 14.4 Å². The number of benzene rings is 2. The molecule has 4 rings (SSSR count). The molecule has 3 N–H and O–H groups in total. The molecule has 8 nitrogen and oxygen atoms in total. The van der Waals surface area contributed by atoms with Crippen molar-refractivity contribution in [2.24, 2.45) is 11.8 Å². The topological polar surface area (TPSA) is 118 Å². The minimum absolute atomic E-state index is 0.0404. The van der Waals surface area contributed by atoms with Crippen LogP contribution >= 0.6 is 0 Å². The van der Waals surface area contributed by atoms with Crippen molar-refractivity contribution in [3.8, 4) is 11.3 Å². The van der Waals surface area contributed by atoms with Crippen LogP contribution in [-0.4, -0.2) is 46.8 Å². The summed E-state index contributed by atoms with van der Waals surface area (Å²) in [6.45, 7) is 6.76. The maximum atomic E-state index is 13.4. The highest BCUT2D eigenvalue weighted by molar-refractivity contribution is 6.07. The molecule has 0 saturated heterocycles. The van der Waals surface area contributed by atoms with Gasteiger partial charge in [-0.25, -0.2) is 9.78 Å². The Labute approximate surface area is 229 Å². The van der Waals surface area contributed by atoms with E-state index in [1.807, 2.05) is 63.2 Å². The number of para-hydroxylation sites is 1. The predicted molar refractivity (Wildman–Crippen MR) is 151 cm³/mol. The van der Waals surface area contributed by atoms with Crippen molar-refractivity contribution in [3.63, 3.8) is 0 Å². The third-order valence-electron chi connectivity index (χ3n) is 7.02. The second-order valence-corrected chi connectivity index (χ2v) is 11.3. The van der Waals surface area contributed by atoms with Crippen LogP contribution in [0.4, 0.5) is 4.79 Å². The lowest BCUT2D eigenvalue weighted by Gasteiger charge is -2.29. The van der Waals surface area contributed by atoms with E-state index in [0.717, 1.165) is 42.1 Å². The second kappa shape index (κ2) is 12.3. The molecule has 1 fully saturated rings. The minimum atomic E-state index is -0.878. The highest BCUT2D eigenvalue weighted by Gasteiger charge is 2.24. The molecule has 0 bridgehead atoms. The number of nitrogens with zero attached hydrogens (tertiary/aromatic N) is 1. The highest BCUT2D eigenvalue weighted by Crippen LogP contribution is 2.29. The summed E-state index contributed by atoms with van der Waals surface area (Å²) in [5, 5.41) is 15.8. The summed E-state index contributed by atoms with van der Waals surface area (Å²) in [7, 11) is 0. The number of aliphatic carboxylic acids is 1. The Kier molecular flexibility index (Phi) is 8.84. The first-order valence-electron chi connectivity index (χ1n) is 13.5. The monoisotopic (exact) mass is 531 g/mol. The van der Waals surface area contributed by atoms with Gasteiger partial charge in [0, 0.05) is 24.0 Å². The molecule has 1 aliphatic rings. The van der Waals surface area contributed by atoms with Crippen LogP contribution in [0.2, 0.25) is 0 Å². The van der Waals surface area contributed by atoms with E-state index in [4.69, 9.17) is 14.8 Å². The van der Waals surface area contributed by atoms with Crippen LogP contribution in [0.1, 0.15) is 62.4 Å². The summed E-state index contributed by atoms with van der Waals surface area (Å²) in [6, 6.07) is 16.6. The first kappa shape index (κ1) is 28.1. The Morgan fingerprint density at radius 1 is 0.923 bits per heavy atom. The van der Waals surface area contributed by atoms with Gasteiger partial charge in [0.05, 0.1) is 23.2 Å². The average molecular weight is 532 g/mol. The summed E-state index contributed by atoms with van der Waals surface area (Å²) in [4.78, 5) is 41.0. The van der Waals surface area contributed by atoms with Gasteiger partial charge in [-0.2, -0.15) is 0 Å². The van der Waals surface area contributed by atoms with Gasteiger partial charge in [0.2, 0.25) is 0 Å². The molecule has 0 radical (unpaired) electrons. The molecule has 1 aliphatic carbocycles. The standard InChI is InChI=1S/C31H37N3O5/c1-31(2,3)39-30(38)33-19-22-10-8-21(9-11-22)18-32-29(37)25-17-27(34-26-7-5-4-6-24(25)26)23-14-12-20(13-15-23)16-28(35)36/h4-7,12-15,17,21-22H,8-11,16,18-19H2,1-3H3,(H,32,37)(H,33,38)(H,35,36)/t21-,22-. The van der Waals surface area contributed by atoms with E-state index in [1.54, 1.807) is 12.1 Å². The number of nitrogens with one attached hydrogen (secondary N) is 2. The largest absolute Gasteiger partial charge is 0.481 e. The minimum Gasteiger partial charge on any atom is -0.481 e. The van der Waals surface area contributed by atoms with Crippen molar-refractivity contribution in [1.82, 2.24) is 15.6 Å². The van der Waals surface area contributed by atoms with Crippen molar-refractivity contribution in [2.75, 3.05) is 13.1 Å². The number of fused-ring (bicyclic) bond motifs is 1. The summed E-state index contributed by atoms with van der Waals surface area (Å²) < 4.78 is 5.32. The Bertz CT molecular complexity index is 1320. The van der Waals surface area contributed by atoms with E-state index >= 15 is 0 Å². The Hall–Kier alpha value is -3.94. The van der Waals surface area contributed by atoms with Gasteiger partial charge in [-0.3, -0.25) is 9.59 Å². The van der Waals surface area contributed by atoms with Gasteiger partial charge in [0.15, 0.2) is 0 Å². The maximum absolute atomic E-state index is 13.4. The van der Waals surface area contributed by atoms with Gasteiger partial charge in [-0.05, 0) is 76.0 Å². The fourth-order valence-electron chi connectivity index (χ4n) is 4.99. The molecule has 39 heavy (non-hydrogen) atoms. The molecule has 1 aromatic heterocycles. The van der Waals surface area contributed by atoms with Crippen molar-refractivity contribution < 1.29 is 24.2 Å². The number of rotatable bonds is 8. The summed E-state index contributed by atoms with van der Waals surface area (Å²) in [5.41, 5.74) is 2.99. The van der Waals surface area contributed by atoms with Crippen molar-refractivity contribution in [3.05, 3.63) is 65.7 Å². The molecule has 0 unspecified atom stereocenters. The molecule has 0 spiro atoms. The van der Waals surface area contributed by atoms with Gasteiger partial charge in [-0.15, -0.1) is 0 Å². The number of ether oxygens (including phenoxy) is 1. The number of carboxylic acid groups (broad SMARTS) is 1.